The van der Waals surface area contributed by atoms with Gasteiger partial charge >= 0.3 is 0 Å². The Bertz CT molecular complexity index is 594. The number of anilines is 1. The lowest BCUT2D eigenvalue weighted by molar-refractivity contribution is 0.520. The molecule has 0 unspecified atom stereocenters. The van der Waals surface area contributed by atoms with Crippen LogP contribution in [0.2, 0.25) is 0 Å². The first-order chi connectivity index (χ1) is 10.00. The van der Waals surface area contributed by atoms with E-state index >= 15 is 0 Å². The van der Waals surface area contributed by atoms with Gasteiger partial charge < -0.3 is 10.6 Å². The SMILES string of the molecule is CN(C)S(=O)(=O)c1ccc(NCCC2=CCNCC2)nc1. The molecule has 1 aromatic rings. The Morgan fingerprint density at radius 2 is 2.19 bits per heavy atom. The van der Waals surface area contributed by atoms with E-state index in [-0.39, 0.29) is 4.90 Å². The van der Waals surface area contributed by atoms with Crippen LogP contribution in [0.3, 0.4) is 0 Å². The van der Waals surface area contributed by atoms with E-state index in [1.165, 1.54) is 30.2 Å². The fraction of sp³-hybridized carbons (Fsp3) is 0.500. The average molecular weight is 310 g/mol. The first-order valence-electron chi connectivity index (χ1n) is 7.01. The second-order valence-corrected chi connectivity index (χ2v) is 7.31. The Kier molecular flexibility index (Phi) is 5.33. The Morgan fingerprint density at radius 3 is 2.76 bits per heavy atom. The number of rotatable bonds is 6. The Balaban J connectivity index is 1.89. The molecule has 2 N–H and O–H groups in total. The summed E-state index contributed by atoms with van der Waals surface area (Å²) in [4.78, 5) is 4.37. The van der Waals surface area contributed by atoms with Crippen molar-refractivity contribution in [2.75, 3.05) is 39.0 Å². The third kappa shape index (κ3) is 4.26. The molecule has 0 bridgehead atoms. The van der Waals surface area contributed by atoms with Crippen LogP contribution in [0.25, 0.3) is 0 Å². The minimum absolute atomic E-state index is 0.208. The first kappa shape index (κ1) is 15.9. The van der Waals surface area contributed by atoms with Crippen LogP contribution in [-0.2, 0) is 10.0 Å². The van der Waals surface area contributed by atoms with Gasteiger partial charge in [0.15, 0.2) is 0 Å². The Hall–Kier alpha value is -1.44. The maximum Gasteiger partial charge on any atom is 0.244 e. The number of aromatic nitrogens is 1. The number of nitrogens with zero attached hydrogens (tertiary/aromatic N) is 2. The van der Waals surface area contributed by atoms with Gasteiger partial charge in [0.1, 0.15) is 10.7 Å². The highest BCUT2D eigenvalue weighted by atomic mass is 32.2. The monoisotopic (exact) mass is 310 g/mol. The second-order valence-electron chi connectivity index (χ2n) is 5.16. The second kappa shape index (κ2) is 7.02. The molecule has 0 radical (unpaired) electrons. The van der Waals surface area contributed by atoms with Crippen molar-refractivity contribution in [1.82, 2.24) is 14.6 Å². The maximum atomic E-state index is 11.9. The van der Waals surface area contributed by atoms with E-state index in [1.807, 2.05) is 0 Å². The number of sulfonamides is 1. The molecule has 7 heteroatoms. The molecule has 21 heavy (non-hydrogen) atoms. The molecule has 1 aliphatic heterocycles. The van der Waals surface area contributed by atoms with Crippen molar-refractivity contribution < 1.29 is 8.42 Å². The number of pyridine rings is 1. The molecule has 6 nitrogen and oxygen atoms in total. The molecular weight excluding hydrogens is 288 g/mol. The number of nitrogens with one attached hydrogen (secondary N) is 2. The van der Waals surface area contributed by atoms with Crippen LogP contribution in [-0.4, -0.2) is 51.4 Å². The highest BCUT2D eigenvalue weighted by Gasteiger charge is 2.17. The van der Waals surface area contributed by atoms with Crippen LogP contribution in [0.15, 0.2) is 34.9 Å². The third-order valence-electron chi connectivity index (χ3n) is 3.43. The van der Waals surface area contributed by atoms with Crippen LogP contribution in [0.4, 0.5) is 5.82 Å². The first-order valence-corrected chi connectivity index (χ1v) is 8.45. The van der Waals surface area contributed by atoms with Gasteiger partial charge in [-0.3, -0.25) is 0 Å². The van der Waals surface area contributed by atoms with Gasteiger partial charge in [-0.25, -0.2) is 17.7 Å². The summed E-state index contributed by atoms with van der Waals surface area (Å²) in [6, 6.07) is 3.28. The van der Waals surface area contributed by atoms with Crippen molar-refractivity contribution >= 4 is 15.8 Å². The van der Waals surface area contributed by atoms with E-state index < -0.39 is 10.0 Å². The molecule has 0 atom stereocenters. The molecule has 0 aromatic carbocycles. The summed E-state index contributed by atoms with van der Waals surface area (Å²) in [5.74, 6) is 0.697. The number of hydrogen-bond donors (Lipinski definition) is 2. The van der Waals surface area contributed by atoms with Crippen LogP contribution in [0.1, 0.15) is 12.8 Å². The summed E-state index contributed by atoms with van der Waals surface area (Å²) in [5, 5.41) is 6.50. The summed E-state index contributed by atoms with van der Waals surface area (Å²) < 4.78 is 25.0. The molecule has 0 saturated heterocycles. The maximum absolute atomic E-state index is 11.9. The van der Waals surface area contributed by atoms with Gasteiger partial charge in [-0.15, -0.1) is 0 Å². The molecule has 0 aliphatic carbocycles. The van der Waals surface area contributed by atoms with Crippen LogP contribution < -0.4 is 10.6 Å². The van der Waals surface area contributed by atoms with E-state index in [1.54, 1.807) is 12.1 Å². The van der Waals surface area contributed by atoms with Crippen LogP contribution >= 0.6 is 0 Å². The molecule has 1 aliphatic rings. The summed E-state index contributed by atoms with van der Waals surface area (Å²) in [6.45, 7) is 2.80. The molecule has 0 spiro atoms. The topological polar surface area (TPSA) is 74.3 Å². The highest BCUT2D eigenvalue weighted by molar-refractivity contribution is 7.89. The zero-order valence-electron chi connectivity index (χ0n) is 12.5. The molecular formula is C14H22N4O2S. The van der Waals surface area contributed by atoms with E-state index in [4.69, 9.17) is 0 Å². The normalized spacial score (nSPS) is 15.9. The van der Waals surface area contributed by atoms with Crippen LogP contribution in [0, 0.1) is 0 Å². The van der Waals surface area contributed by atoms with Crippen LogP contribution in [0.5, 0.6) is 0 Å². The van der Waals surface area contributed by atoms with E-state index in [2.05, 4.69) is 21.7 Å². The van der Waals surface area contributed by atoms with Crippen molar-refractivity contribution in [3.8, 4) is 0 Å². The van der Waals surface area contributed by atoms with Crippen molar-refractivity contribution in [2.24, 2.45) is 0 Å². The van der Waals surface area contributed by atoms with Gasteiger partial charge in [-0.05, 0) is 31.5 Å². The van der Waals surface area contributed by atoms with Crippen molar-refractivity contribution in [1.29, 1.82) is 0 Å². The summed E-state index contributed by atoms with van der Waals surface area (Å²) in [5.41, 5.74) is 1.45. The zero-order chi connectivity index (χ0) is 15.3. The third-order valence-corrected chi connectivity index (χ3v) is 5.22. The lowest BCUT2D eigenvalue weighted by atomic mass is 10.1. The fourth-order valence-corrected chi connectivity index (χ4v) is 2.94. The average Bonchev–Trinajstić information content (AvgIpc) is 2.49. The van der Waals surface area contributed by atoms with Crippen molar-refractivity contribution in [3.05, 3.63) is 30.0 Å². The van der Waals surface area contributed by atoms with Gasteiger partial charge in [0.05, 0.1) is 0 Å². The minimum Gasteiger partial charge on any atom is -0.370 e. The van der Waals surface area contributed by atoms with Gasteiger partial charge in [0.2, 0.25) is 10.0 Å². The molecule has 0 fully saturated rings. The van der Waals surface area contributed by atoms with E-state index in [0.29, 0.717) is 5.82 Å². The van der Waals surface area contributed by atoms with Crippen molar-refractivity contribution in [3.63, 3.8) is 0 Å². The van der Waals surface area contributed by atoms with Gasteiger partial charge in [-0.1, -0.05) is 11.6 Å². The lowest BCUT2D eigenvalue weighted by Gasteiger charge is -2.14. The molecule has 0 saturated carbocycles. The smallest absolute Gasteiger partial charge is 0.244 e. The largest absolute Gasteiger partial charge is 0.370 e. The summed E-state index contributed by atoms with van der Waals surface area (Å²) >= 11 is 0. The van der Waals surface area contributed by atoms with Gasteiger partial charge in [0, 0.05) is 33.4 Å². The minimum atomic E-state index is -3.40. The molecule has 0 amide bonds. The lowest BCUT2D eigenvalue weighted by Crippen LogP contribution is -2.22. The summed E-state index contributed by atoms with van der Waals surface area (Å²) in [7, 11) is -0.388. The quantitative estimate of drug-likeness (QED) is 0.768. The highest BCUT2D eigenvalue weighted by Crippen LogP contribution is 2.14. The number of hydrogen-bond acceptors (Lipinski definition) is 5. The standard InChI is InChI=1S/C14H22N4O2S/c1-18(2)21(19,20)13-3-4-14(17-11-13)16-10-7-12-5-8-15-9-6-12/h3-5,11,15H,6-10H2,1-2H3,(H,16,17). The Labute approximate surface area is 126 Å². The fourth-order valence-electron chi connectivity index (χ4n) is 2.10. The predicted molar refractivity (Wildman–Crippen MR) is 83.8 cm³/mol. The van der Waals surface area contributed by atoms with E-state index in [0.717, 1.165) is 32.5 Å². The Morgan fingerprint density at radius 1 is 1.38 bits per heavy atom. The van der Waals surface area contributed by atoms with Crippen molar-refractivity contribution in [2.45, 2.75) is 17.7 Å². The van der Waals surface area contributed by atoms with E-state index in [9.17, 15) is 8.42 Å². The van der Waals surface area contributed by atoms with Gasteiger partial charge in [0.25, 0.3) is 0 Å². The molecule has 2 rings (SSSR count). The molecule has 2 heterocycles. The molecule has 1 aromatic heterocycles. The van der Waals surface area contributed by atoms with Gasteiger partial charge in [-0.2, -0.15) is 0 Å². The molecule has 116 valence electrons. The summed E-state index contributed by atoms with van der Waals surface area (Å²) in [6.07, 6.45) is 5.70. The zero-order valence-corrected chi connectivity index (χ0v) is 13.3. The predicted octanol–water partition coefficient (Wildman–Crippen LogP) is 1.05.